The molecule has 2 aromatic carbocycles. The zero-order valence-electron chi connectivity index (χ0n) is 17.2. The molecule has 9 heteroatoms. The van der Waals surface area contributed by atoms with Gasteiger partial charge in [-0.1, -0.05) is 15.9 Å². The van der Waals surface area contributed by atoms with Gasteiger partial charge in [-0.05, 0) is 76.8 Å². The molecule has 3 aromatic rings. The first-order valence-corrected chi connectivity index (χ1v) is 12.9. The number of hydrogen-bond donors (Lipinski definition) is 0. The van der Waals surface area contributed by atoms with Crippen LogP contribution in [0.15, 0.2) is 59.5 Å². The molecule has 1 aliphatic heterocycles. The lowest BCUT2D eigenvalue weighted by Gasteiger charge is -2.34. The summed E-state index contributed by atoms with van der Waals surface area (Å²) in [6.45, 7) is 6.53. The van der Waals surface area contributed by atoms with E-state index < -0.39 is 10.0 Å². The number of benzene rings is 2. The van der Waals surface area contributed by atoms with Crippen LogP contribution < -0.4 is 5.63 Å². The number of piperazine rings is 1. The fourth-order valence-electron chi connectivity index (χ4n) is 3.80. The maximum absolute atomic E-state index is 13.1. The van der Waals surface area contributed by atoms with Crippen LogP contribution in [0.3, 0.4) is 0 Å². The summed E-state index contributed by atoms with van der Waals surface area (Å²) in [4.78, 5) is 14.5. The second-order valence-electron chi connectivity index (χ2n) is 7.78. The Morgan fingerprint density at radius 2 is 1.65 bits per heavy atom. The molecule has 6 nitrogen and oxygen atoms in total. The van der Waals surface area contributed by atoms with E-state index in [1.165, 1.54) is 4.31 Å². The van der Waals surface area contributed by atoms with E-state index >= 15 is 0 Å². The van der Waals surface area contributed by atoms with E-state index in [1.807, 2.05) is 19.9 Å². The summed E-state index contributed by atoms with van der Waals surface area (Å²) in [6, 6.07) is 10.6. The van der Waals surface area contributed by atoms with Crippen LogP contribution in [0, 0.1) is 13.8 Å². The Morgan fingerprint density at radius 1 is 0.968 bits per heavy atom. The predicted molar refractivity (Wildman–Crippen MR) is 128 cm³/mol. The molecule has 0 unspecified atom stereocenters. The number of nitrogens with zero attached hydrogens (tertiary/aromatic N) is 2. The monoisotopic (exact) mass is 568 g/mol. The molecule has 0 N–H and O–H groups in total. The largest absolute Gasteiger partial charge is 0.423 e. The summed E-state index contributed by atoms with van der Waals surface area (Å²) in [5.41, 5.74) is 3.33. The smallest absolute Gasteiger partial charge is 0.336 e. The number of aryl methyl sites for hydroxylation is 2. The van der Waals surface area contributed by atoms with Crippen LogP contribution in [0.25, 0.3) is 11.0 Å². The molecule has 1 fully saturated rings. The molecule has 0 bridgehead atoms. The van der Waals surface area contributed by atoms with Crippen molar-refractivity contribution in [2.45, 2.75) is 25.3 Å². The quantitative estimate of drug-likeness (QED) is 0.434. The Morgan fingerprint density at radius 3 is 2.35 bits per heavy atom. The third-order valence-corrected chi connectivity index (χ3v) is 9.07. The zero-order chi connectivity index (χ0) is 22.3. The van der Waals surface area contributed by atoms with Gasteiger partial charge in [-0.2, -0.15) is 4.31 Å². The predicted octanol–water partition coefficient (Wildman–Crippen LogP) is 4.44. The Hall–Kier alpha value is -1.52. The molecule has 1 aromatic heterocycles. The van der Waals surface area contributed by atoms with Crippen LogP contribution in [0.4, 0.5) is 0 Å². The van der Waals surface area contributed by atoms with Gasteiger partial charge in [-0.3, -0.25) is 4.90 Å². The third-order valence-electron chi connectivity index (χ3n) is 5.68. The maximum atomic E-state index is 13.1. The van der Waals surface area contributed by atoms with Crippen molar-refractivity contribution in [1.29, 1.82) is 0 Å². The zero-order valence-corrected chi connectivity index (χ0v) is 21.2. The molecule has 31 heavy (non-hydrogen) atoms. The molecular weight excluding hydrogens is 548 g/mol. The van der Waals surface area contributed by atoms with Crippen LogP contribution in [-0.2, 0) is 16.6 Å². The van der Waals surface area contributed by atoms with E-state index in [1.54, 1.807) is 24.3 Å². The first-order valence-electron chi connectivity index (χ1n) is 9.87. The average Bonchev–Trinajstić information content (AvgIpc) is 2.71. The molecule has 0 atom stereocenters. The summed E-state index contributed by atoms with van der Waals surface area (Å²) in [6.07, 6.45) is 0. The van der Waals surface area contributed by atoms with Gasteiger partial charge in [0.25, 0.3) is 0 Å². The fraction of sp³-hybridized carbons (Fsp3) is 0.318. The van der Waals surface area contributed by atoms with E-state index in [9.17, 15) is 13.2 Å². The SMILES string of the molecule is Cc1cc2oc(=O)cc(CN3CCN(S(=O)(=O)c4cc(Br)ccc4Br)CC3)c2cc1C. The fourth-order valence-corrected chi connectivity index (χ4v) is 6.68. The molecule has 1 saturated heterocycles. The second kappa shape index (κ2) is 8.78. The van der Waals surface area contributed by atoms with E-state index in [0.29, 0.717) is 47.3 Å². The van der Waals surface area contributed by atoms with Crippen molar-refractivity contribution in [3.8, 4) is 0 Å². The Kier molecular flexibility index (Phi) is 6.42. The van der Waals surface area contributed by atoms with Crippen LogP contribution in [-0.4, -0.2) is 43.8 Å². The summed E-state index contributed by atoms with van der Waals surface area (Å²) >= 11 is 6.70. The lowest BCUT2D eigenvalue weighted by Crippen LogP contribution is -2.48. The van der Waals surface area contributed by atoms with E-state index in [4.69, 9.17) is 4.42 Å². The van der Waals surface area contributed by atoms with Crippen molar-refractivity contribution in [3.63, 3.8) is 0 Å². The van der Waals surface area contributed by atoms with Crippen molar-refractivity contribution < 1.29 is 12.8 Å². The molecular formula is C22H22Br2N2O4S. The number of sulfonamides is 1. The van der Waals surface area contributed by atoms with Crippen LogP contribution in [0.1, 0.15) is 16.7 Å². The molecule has 1 aliphatic rings. The highest BCUT2D eigenvalue weighted by Gasteiger charge is 2.30. The van der Waals surface area contributed by atoms with Crippen LogP contribution in [0.5, 0.6) is 0 Å². The van der Waals surface area contributed by atoms with Crippen LogP contribution >= 0.6 is 31.9 Å². The molecule has 0 radical (unpaired) electrons. The molecule has 0 saturated carbocycles. The van der Waals surface area contributed by atoms with Crippen molar-refractivity contribution in [3.05, 3.63) is 72.5 Å². The van der Waals surface area contributed by atoms with E-state index in [-0.39, 0.29) is 10.5 Å². The topological polar surface area (TPSA) is 70.8 Å². The van der Waals surface area contributed by atoms with Crippen molar-refractivity contribution in [2.75, 3.05) is 26.2 Å². The maximum Gasteiger partial charge on any atom is 0.336 e. The third kappa shape index (κ3) is 4.66. The Balaban J connectivity index is 1.53. The second-order valence-corrected chi connectivity index (χ2v) is 11.5. The Bertz CT molecular complexity index is 1310. The van der Waals surface area contributed by atoms with Gasteiger partial charge in [0, 0.05) is 53.1 Å². The molecule has 2 heterocycles. The van der Waals surface area contributed by atoms with Crippen molar-refractivity contribution in [1.82, 2.24) is 9.21 Å². The standard InChI is InChI=1S/C22H22Br2N2O4S/c1-14-9-18-16(11-22(27)30-20(18)10-15(14)2)13-25-5-7-26(8-6-25)31(28,29)21-12-17(23)3-4-19(21)24/h3-4,9-12H,5-8,13H2,1-2H3. The molecule has 164 valence electrons. The first kappa shape index (κ1) is 22.7. The minimum absolute atomic E-state index is 0.257. The first-order chi connectivity index (χ1) is 14.6. The highest BCUT2D eigenvalue weighted by Crippen LogP contribution is 2.29. The minimum Gasteiger partial charge on any atom is -0.423 e. The highest BCUT2D eigenvalue weighted by molar-refractivity contribution is 9.11. The van der Waals surface area contributed by atoms with Gasteiger partial charge in [0.05, 0.1) is 4.90 Å². The molecule has 0 spiro atoms. The minimum atomic E-state index is -3.60. The van der Waals surface area contributed by atoms with Crippen LogP contribution in [0.2, 0.25) is 0 Å². The lowest BCUT2D eigenvalue weighted by atomic mass is 10.0. The number of halogens is 2. The molecule has 4 rings (SSSR count). The van der Waals surface area contributed by atoms with E-state index in [0.717, 1.165) is 22.1 Å². The van der Waals surface area contributed by atoms with Gasteiger partial charge >= 0.3 is 5.63 Å². The summed E-state index contributed by atoms with van der Waals surface area (Å²) in [5, 5.41) is 0.927. The Labute approximate surface area is 198 Å². The lowest BCUT2D eigenvalue weighted by molar-refractivity contribution is 0.182. The van der Waals surface area contributed by atoms with Gasteiger partial charge < -0.3 is 4.42 Å². The number of hydrogen-bond acceptors (Lipinski definition) is 5. The van der Waals surface area contributed by atoms with Crippen molar-refractivity contribution in [2.24, 2.45) is 0 Å². The highest BCUT2D eigenvalue weighted by atomic mass is 79.9. The van der Waals surface area contributed by atoms with Gasteiger partial charge in [-0.25, -0.2) is 13.2 Å². The van der Waals surface area contributed by atoms with E-state index in [2.05, 4.69) is 42.8 Å². The van der Waals surface area contributed by atoms with Gasteiger partial charge in [0.15, 0.2) is 0 Å². The van der Waals surface area contributed by atoms with Crippen molar-refractivity contribution >= 4 is 52.9 Å². The number of rotatable bonds is 4. The molecule has 0 amide bonds. The van der Waals surface area contributed by atoms with Gasteiger partial charge in [-0.15, -0.1) is 0 Å². The normalized spacial score (nSPS) is 16.1. The summed E-state index contributed by atoms with van der Waals surface area (Å²) in [7, 11) is -3.60. The number of fused-ring (bicyclic) bond motifs is 1. The van der Waals surface area contributed by atoms with Gasteiger partial charge in [0.2, 0.25) is 10.0 Å². The summed E-state index contributed by atoms with van der Waals surface area (Å²) < 4.78 is 34.4. The van der Waals surface area contributed by atoms with Gasteiger partial charge in [0.1, 0.15) is 5.58 Å². The molecule has 0 aliphatic carbocycles. The summed E-state index contributed by atoms with van der Waals surface area (Å²) in [5.74, 6) is 0. The average molecular weight is 570 g/mol.